The Labute approximate surface area is 70.3 Å². The number of rotatable bonds is 6. The molecule has 0 rings (SSSR count). The van der Waals surface area contributed by atoms with Crippen LogP contribution in [0.2, 0.25) is 0 Å². The summed E-state index contributed by atoms with van der Waals surface area (Å²) in [5, 5.41) is 0. The molecule has 0 saturated heterocycles. The third-order valence-corrected chi connectivity index (χ3v) is 1.50. The van der Waals surface area contributed by atoms with Crippen molar-refractivity contribution >= 4 is 6.34 Å². The van der Waals surface area contributed by atoms with Gasteiger partial charge in [-0.2, -0.15) is 0 Å². The van der Waals surface area contributed by atoms with Gasteiger partial charge < -0.3 is 4.90 Å². The highest BCUT2D eigenvalue weighted by molar-refractivity contribution is 5.54. The highest BCUT2D eigenvalue weighted by Gasteiger charge is 1.88. The molecule has 0 atom stereocenters. The first-order chi connectivity index (χ1) is 5.31. The van der Waals surface area contributed by atoms with Gasteiger partial charge in [0.1, 0.15) is 0 Å². The zero-order valence-corrected chi connectivity index (χ0v) is 8.01. The van der Waals surface area contributed by atoms with Crippen LogP contribution >= 0.6 is 0 Å². The number of unbranched alkanes of at least 4 members (excludes halogenated alkanes) is 1. The second-order valence-corrected chi connectivity index (χ2v) is 2.86. The van der Waals surface area contributed by atoms with Crippen LogP contribution in [0, 0.1) is 0 Å². The van der Waals surface area contributed by atoms with E-state index in [9.17, 15) is 0 Å². The van der Waals surface area contributed by atoms with Gasteiger partial charge in [-0.3, -0.25) is 4.99 Å². The third kappa shape index (κ3) is 7.37. The van der Waals surface area contributed by atoms with Gasteiger partial charge in [-0.1, -0.05) is 20.3 Å². The summed E-state index contributed by atoms with van der Waals surface area (Å²) in [4.78, 5) is 6.40. The van der Waals surface area contributed by atoms with Crippen molar-refractivity contribution in [3.8, 4) is 0 Å². The lowest BCUT2D eigenvalue weighted by Crippen LogP contribution is -2.17. The largest absolute Gasteiger partial charge is 0.366 e. The topological polar surface area (TPSA) is 15.6 Å². The standard InChI is InChI=1S/C9H20N2/c1-4-6-8-11(3)9-10-7-5-2/h9H,4-8H2,1-3H3. The van der Waals surface area contributed by atoms with Crippen LogP contribution < -0.4 is 0 Å². The van der Waals surface area contributed by atoms with Crippen molar-refractivity contribution in [1.29, 1.82) is 0 Å². The van der Waals surface area contributed by atoms with Gasteiger partial charge in [-0.15, -0.1) is 0 Å². The van der Waals surface area contributed by atoms with Gasteiger partial charge in [0.15, 0.2) is 0 Å². The number of nitrogens with zero attached hydrogens (tertiary/aromatic N) is 2. The molecule has 0 amide bonds. The van der Waals surface area contributed by atoms with Crippen molar-refractivity contribution in [3.05, 3.63) is 0 Å². The number of aliphatic imine (C=N–C) groups is 1. The lowest BCUT2D eigenvalue weighted by Gasteiger charge is -2.11. The molecule has 0 fully saturated rings. The Morgan fingerprint density at radius 2 is 2.00 bits per heavy atom. The summed E-state index contributed by atoms with van der Waals surface area (Å²) in [6, 6.07) is 0. The molecule has 0 aliphatic carbocycles. The van der Waals surface area contributed by atoms with E-state index in [0.717, 1.165) is 19.5 Å². The monoisotopic (exact) mass is 156 g/mol. The second-order valence-electron chi connectivity index (χ2n) is 2.86. The van der Waals surface area contributed by atoms with Gasteiger partial charge >= 0.3 is 0 Å². The van der Waals surface area contributed by atoms with Crippen molar-refractivity contribution in [2.45, 2.75) is 33.1 Å². The van der Waals surface area contributed by atoms with Crippen molar-refractivity contribution in [3.63, 3.8) is 0 Å². The lowest BCUT2D eigenvalue weighted by atomic mass is 10.3. The minimum atomic E-state index is 0.955. The van der Waals surface area contributed by atoms with E-state index in [2.05, 4.69) is 30.8 Å². The summed E-state index contributed by atoms with van der Waals surface area (Å²) >= 11 is 0. The van der Waals surface area contributed by atoms with Gasteiger partial charge in [0.25, 0.3) is 0 Å². The van der Waals surface area contributed by atoms with Crippen LogP contribution in [-0.4, -0.2) is 31.4 Å². The molecule has 0 unspecified atom stereocenters. The maximum atomic E-state index is 4.24. The van der Waals surface area contributed by atoms with Gasteiger partial charge in [0, 0.05) is 20.1 Å². The van der Waals surface area contributed by atoms with E-state index in [1.165, 1.54) is 12.8 Å². The summed E-state index contributed by atoms with van der Waals surface area (Å²) in [6.45, 7) is 6.43. The molecule has 2 nitrogen and oxygen atoms in total. The number of hydrogen-bond acceptors (Lipinski definition) is 1. The highest BCUT2D eigenvalue weighted by atomic mass is 15.1. The van der Waals surface area contributed by atoms with E-state index < -0.39 is 0 Å². The molecule has 0 spiro atoms. The van der Waals surface area contributed by atoms with Crippen LogP contribution in [0.3, 0.4) is 0 Å². The average Bonchev–Trinajstić information content (AvgIpc) is 2.01. The second kappa shape index (κ2) is 7.58. The maximum Gasteiger partial charge on any atom is 0.0847 e. The SMILES string of the molecule is CCCCN(C)C=NCCC. The molecule has 0 aliphatic heterocycles. The molecular weight excluding hydrogens is 136 g/mol. The quantitative estimate of drug-likeness (QED) is 0.425. The van der Waals surface area contributed by atoms with Gasteiger partial charge in [0.2, 0.25) is 0 Å². The lowest BCUT2D eigenvalue weighted by molar-refractivity contribution is 0.495. The summed E-state index contributed by atoms with van der Waals surface area (Å²) < 4.78 is 0. The molecule has 0 heterocycles. The minimum absolute atomic E-state index is 0.955. The third-order valence-electron chi connectivity index (χ3n) is 1.50. The summed E-state index contributed by atoms with van der Waals surface area (Å²) in [5.41, 5.74) is 0. The maximum absolute atomic E-state index is 4.24. The zero-order valence-electron chi connectivity index (χ0n) is 8.01. The molecule has 0 radical (unpaired) electrons. The first-order valence-electron chi connectivity index (χ1n) is 4.51. The normalized spacial score (nSPS) is 10.8. The Morgan fingerprint density at radius 3 is 2.55 bits per heavy atom. The van der Waals surface area contributed by atoms with E-state index in [1.54, 1.807) is 0 Å². The fourth-order valence-electron chi connectivity index (χ4n) is 0.791. The molecule has 66 valence electrons. The smallest absolute Gasteiger partial charge is 0.0847 e. The van der Waals surface area contributed by atoms with Crippen molar-refractivity contribution < 1.29 is 0 Å². The van der Waals surface area contributed by atoms with E-state index >= 15 is 0 Å². The van der Waals surface area contributed by atoms with Crippen molar-refractivity contribution in [1.82, 2.24) is 4.90 Å². The van der Waals surface area contributed by atoms with E-state index in [0.29, 0.717) is 0 Å². The van der Waals surface area contributed by atoms with Crippen LogP contribution in [0.15, 0.2) is 4.99 Å². The average molecular weight is 156 g/mol. The Kier molecular flexibility index (Phi) is 7.21. The molecule has 0 N–H and O–H groups in total. The first kappa shape index (κ1) is 10.5. The van der Waals surface area contributed by atoms with E-state index in [1.807, 2.05) is 6.34 Å². The molecular formula is C9H20N2. The summed E-state index contributed by atoms with van der Waals surface area (Å²) in [7, 11) is 2.08. The predicted octanol–water partition coefficient (Wildman–Crippen LogP) is 2.16. The summed E-state index contributed by atoms with van der Waals surface area (Å²) in [6.07, 6.45) is 5.60. The van der Waals surface area contributed by atoms with E-state index in [4.69, 9.17) is 0 Å². The molecule has 0 bridgehead atoms. The van der Waals surface area contributed by atoms with Gasteiger partial charge in [0.05, 0.1) is 6.34 Å². The van der Waals surface area contributed by atoms with E-state index in [-0.39, 0.29) is 0 Å². The zero-order chi connectivity index (χ0) is 8.53. The van der Waals surface area contributed by atoms with Gasteiger partial charge in [-0.05, 0) is 12.8 Å². The highest BCUT2D eigenvalue weighted by Crippen LogP contribution is 1.88. The van der Waals surface area contributed by atoms with Crippen molar-refractivity contribution in [2.75, 3.05) is 20.1 Å². The Hall–Kier alpha value is -0.530. The fourth-order valence-corrected chi connectivity index (χ4v) is 0.791. The fraction of sp³-hybridized carbons (Fsp3) is 0.889. The van der Waals surface area contributed by atoms with Crippen LogP contribution in [0.25, 0.3) is 0 Å². The Bertz CT molecular complexity index is 99.7. The molecule has 0 aliphatic rings. The first-order valence-corrected chi connectivity index (χ1v) is 4.51. The Morgan fingerprint density at radius 1 is 1.27 bits per heavy atom. The summed E-state index contributed by atoms with van der Waals surface area (Å²) in [5.74, 6) is 0. The molecule has 0 aromatic heterocycles. The molecule has 0 saturated carbocycles. The van der Waals surface area contributed by atoms with Crippen molar-refractivity contribution in [2.24, 2.45) is 4.99 Å². The van der Waals surface area contributed by atoms with Gasteiger partial charge in [-0.25, -0.2) is 0 Å². The Balaban J connectivity index is 3.27. The molecule has 0 aromatic carbocycles. The molecule has 0 aromatic rings. The predicted molar refractivity (Wildman–Crippen MR) is 51.2 cm³/mol. The number of hydrogen-bond donors (Lipinski definition) is 0. The van der Waals surface area contributed by atoms with Crippen LogP contribution in [-0.2, 0) is 0 Å². The minimum Gasteiger partial charge on any atom is -0.366 e. The van der Waals surface area contributed by atoms with Crippen LogP contribution in [0.4, 0.5) is 0 Å². The molecule has 2 heteroatoms. The van der Waals surface area contributed by atoms with Crippen LogP contribution in [0.1, 0.15) is 33.1 Å². The van der Waals surface area contributed by atoms with Crippen LogP contribution in [0.5, 0.6) is 0 Å². The molecule has 11 heavy (non-hydrogen) atoms.